The molecule has 1 aromatic carbocycles. The van der Waals surface area contributed by atoms with Gasteiger partial charge in [-0.1, -0.05) is 32.9 Å². The predicted octanol–water partition coefficient (Wildman–Crippen LogP) is 5.88. The molecule has 1 aromatic heterocycles. The predicted molar refractivity (Wildman–Crippen MR) is 111 cm³/mol. The van der Waals surface area contributed by atoms with E-state index in [2.05, 4.69) is 44.9 Å². The number of hydrogen-bond donors (Lipinski definition) is 0. The molecule has 0 radical (unpaired) electrons. The van der Waals surface area contributed by atoms with Crippen molar-refractivity contribution >= 4 is 8.32 Å². The van der Waals surface area contributed by atoms with E-state index >= 15 is 0 Å². The Hall–Kier alpha value is -2.16. The first kappa shape index (κ1) is 21.1. The molecule has 0 saturated heterocycles. The first-order valence-electron chi connectivity index (χ1n) is 9.44. The Kier molecular flexibility index (Phi) is 7.17. The molecule has 4 nitrogen and oxygen atoms in total. The van der Waals surface area contributed by atoms with Gasteiger partial charge in [0.05, 0.1) is 5.56 Å². The van der Waals surface area contributed by atoms with Crippen LogP contribution in [-0.2, 0) is 4.43 Å². The van der Waals surface area contributed by atoms with E-state index in [1.807, 2.05) is 30.3 Å². The van der Waals surface area contributed by atoms with Crippen molar-refractivity contribution in [1.29, 1.82) is 5.26 Å². The number of aromatic nitrogens is 1. The Morgan fingerprint density at radius 1 is 1.11 bits per heavy atom. The quantitative estimate of drug-likeness (QED) is 0.423. The van der Waals surface area contributed by atoms with Crippen LogP contribution in [0.15, 0.2) is 48.8 Å². The molecule has 5 heteroatoms. The van der Waals surface area contributed by atoms with Crippen LogP contribution in [0.2, 0.25) is 18.1 Å². The number of nitriles is 1. The molecule has 2 aromatic rings. The number of ether oxygens (including phenoxy) is 1. The van der Waals surface area contributed by atoms with Gasteiger partial charge in [-0.3, -0.25) is 4.98 Å². The van der Waals surface area contributed by atoms with Crippen LogP contribution in [0.5, 0.6) is 5.75 Å². The molecule has 0 fully saturated rings. The molecular formula is C22H30N2O2Si. The van der Waals surface area contributed by atoms with E-state index in [4.69, 9.17) is 9.16 Å². The van der Waals surface area contributed by atoms with Crippen molar-refractivity contribution in [2.45, 2.75) is 57.8 Å². The fourth-order valence-electron chi connectivity index (χ4n) is 2.50. The maximum absolute atomic E-state index is 9.33. The van der Waals surface area contributed by atoms with Crippen LogP contribution in [0, 0.1) is 11.3 Å². The van der Waals surface area contributed by atoms with E-state index in [1.165, 1.54) is 0 Å². The third kappa shape index (κ3) is 5.91. The van der Waals surface area contributed by atoms with Gasteiger partial charge in [-0.05, 0) is 60.8 Å². The maximum Gasteiger partial charge on any atom is 0.191 e. The minimum atomic E-state index is -1.74. The number of para-hydroxylation sites is 1. The summed E-state index contributed by atoms with van der Waals surface area (Å²) in [5.41, 5.74) is 1.61. The van der Waals surface area contributed by atoms with Gasteiger partial charge in [0.1, 0.15) is 17.9 Å². The molecule has 1 unspecified atom stereocenters. The maximum atomic E-state index is 9.33. The molecule has 144 valence electrons. The molecule has 0 aliphatic carbocycles. The van der Waals surface area contributed by atoms with Crippen LogP contribution in [0.3, 0.4) is 0 Å². The van der Waals surface area contributed by atoms with E-state index in [0.717, 1.165) is 25.0 Å². The second kappa shape index (κ2) is 9.16. The van der Waals surface area contributed by atoms with Gasteiger partial charge in [0, 0.05) is 19.0 Å². The fraction of sp³-hybridized carbons (Fsp3) is 0.455. The summed E-state index contributed by atoms with van der Waals surface area (Å²) >= 11 is 0. The monoisotopic (exact) mass is 382 g/mol. The molecule has 0 saturated carbocycles. The van der Waals surface area contributed by atoms with Gasteiger partial charge >= 0.3 is 0 Å². The number of hydrogen-bond acceptors (Lipinski definition) is 4. The lowest BCUT2D eigenvalue weighted by atomic mass is 10.1. The van der Waals surface area contributed by atoms with Crippen LogP contribution in [0.4, 0.5) is 0 Å². The molecule has 0 amide bonds. The third-order valence-corrected chi connectivity index (χ3v) is 9.77. The van der Waals surface area contributed by atoms with Crippen molar-refractivity contribution in [1.82, 2.24) is 4.98 Å². The fourth-order valence-corrected chi connectivity index (χ4v) is 3.59. The van der Waals surface area contributed by atoms with E-state index < -0.39 is 8.32 Å². The summed E-state index contributed by atoms with van der Waals surface area (Å²) < 4.78 is 12.5. The van der Waals surface area contributed by atoms with Crippen molar-refractivity contribution in [2.75, 3.05) is 6.61 Å². The molecule has 0 spiro atoms. The van der Waals surface area contributed by atoms with Gasteiger partial charge in [-0.15, -0.1) is 0 Å². The summed E-state index contributed by atoms with van der Waals surface area (Å²) in [5.74, 6) is 0.618. The van der Waals surface area contributed by atoms with E-state index in [1.54, 1.807) is 18.5 Å². The normalized spacial score (nSPS) is 13.0. The van der Waals surface area contributed by atoms with Crippen molar-refractivity contribution in [3.05, 3.63) is 59.9 Å². The van der Waals surface area contributed by atoms with Crippen LogP contribution in [-0.4, -0.2) is 19.9 Å². The highest BCUT2D eigenvalue weighted by atomic mass is 28.4. The van der Waals surface area contributed by atoms with E-state index in [9.17, 15) is 5.26 Å². The zero-order chi connectivity index (χ0) is 19.9. The minimum Gasteiger partial charge on any atom is -0.484 e. The third-order valence-electron chi connectivity index (χ3n) is 5.23. The van der Waals surface area contributed by atoms with Gasteiger partial charge in [-0.2, -0.15) is 5.26 Å². The summed E-state index contributed by atoms with van der Waals surface area (Å²) in [5, 5.41) is 9.53. The van der Waals surface area contributed by atoms with E-state index in [0.29, 0.717) is 11.3 Å². The molecule has 2 rings (SSSR count). The molecular weight excluding hydrogens is 352 g/mol. The topological polar surface area (TPSA) is 55.1 Å². The number of nitrogens with zero attached hydrogens (tertiary/aromatic N) is 2. The molecule has 0 aliphatic rings. The first-order valence-corrected chi connectivity index (χ1v) is 12.3. The molecule has 1 atom stereocenters. The highest BCUT2D eigenvalue weighted by Crippen LogP contribution is 2.37. The highest BCUT2D eigenvalue weighted by molar-refractivity contribution is 6.74. The summed E-state index contributed by atoms with van der Waals surface area (Å²) in [6.07, 6.45) is 5.12. The largest absolute Gasteiger partial charge is 0.484 e. The SMILES string of the molecule is CC(C)(C)[Si](C)(C)OCCCC(Oc1ccccc1C#N)c1ccncc1. The summed E-state index contributed by atoms with van der Waals surface area (Å²) in [4.78, 5) is 4.10. The van der Waals surface area contributed by atoms with E-state index in [-0.39, 0.29) is 11.1 Å². The number of benzene rings is 1. The van der Waals surface area contributed by atoms with Crippen molar-refractivity contribution in [3.63, 3.8) is 0 Å². The summed E-state index contributed by atoms with van der Waals surface area (Å²) in [7, 11) is -1.74. The van der Waals surface area contributed by atoms with Gasteiger partial charge in [0.2, 0.25) is 0 Å². The van der Waals surface area contributed by atoms with Crippen LogP contribution in [0.1, 0.15) is 50.8 Å². The first-order chi connectivity index (χ1) is 12.7. The Labute approximate surface area is 164 Å². The van der Waals surface area contributed by atoms with Crippen LogP contribution < -0.4 is 4.74 Å². The van der Waals surface area contributed by atoms with Gasteiger partial charge < -0.3 is 9.16 Å². The molecule has 0 bridgehead atoms. The molecule has 0 aliphatic heterocycles. The van der Waals surface area contributed by atoms with Crippen molar-refractivity contribution < 1.29 is 9.16 Å². The Morgan fingerprint density at radius 3 is 2.41 bits per heavy atom. The lowest BCUT2D eigenvalue weighted by molar-refractivity contribution is 0.176. The molecule has 27 heavy (non-hydrogen) atoms. The lowest BCUT2D eigenvalue weighted by Gasteiger charge is -2.36. The van der Waals surface area contributed by atoms with Crippen molar-refractivity contribution in [2.24, 2.45) is 0 Å². The Balaban J connectivity index is 2.05. The average molecular weight is 383 g/mol. The molecule has 0 N–H and O–H groups in total. The molecule has 1 heterocycles. The van der Waals surface area contributed by atoms with Crippen LogP contribution in [0.25, 0.3) is 0 Å². The second-order valence-corrected chi connectivity index (χ2v) is 13.1. The Morgan fingerprint density at radius 2 is 1.78 bits per heavy atom. The van der Waals surface area contributed by atoms with Gasteiger partial charge in [0.25, 0.3) is 0 Å². The van der Waals surface area contributed by atoms with Crippen LogP contribution >= 0.6 is 0 Å². The average Bonchev–Trinajstić information content (AvgIpc) is 2.64. The summed E-state index contributed by atoms with van der Waals surface area (Å²) in [6.45, 7) is 12.0. The zero-order valence-electron chi connectivity index (χ0n) is 17.0. The number of pyridine rings is 1. The van der Waals surface area contributed by atoms with Gasteiger partial charge in [0.15, 0.2) is 8.32 Å². The highest BCUT2D eigenvalue weighted by Gasteiger charge is 2.36. The Bertz CT molecular complexity index is 764. The standard InChI is InChI=1S/C22H30N2O2Si/c1-22(2,3)27(4,5)25-16-8-11-20(18-12-14-24-15-13-18)26-21-10-7-6-9-19(21)17-23/h6-7,9-10,12-15,20H,8,11,16H2,1-5H3. The second-order valence-electron chi connectivity index (χ2n) is 8.25. The minimum absolute atomic E-state index is 0.134. The summed E-state index contributed by atoms with van der Waals surface area (Å²) in [6, 6.07) is 13.5. The lowest BCUT2D eigenvalue weighted by Crippen LogP contribution is -2.41. The smallest absolute Gasteiger partial charge is 0.191 e. The van der Waals surface area contributed by atoms with Crippen molar-refractivity contribution in [3.8, 4) is 11.8 Å². The number of rotatable bonds is 8. The zero-order valence-corrected chi connectivity index (χ0v) is 18.0. The van der Waals surface area contributed by atoms with Gasteiger partial charge in [-0.25, -0.2) is 0 Å².